The standard InChI is InChI=1S/C21H26N4O3S/c1-6-10-25-18-16(20(26)24(4)21(25)27)19(23-17(22-18)13(2)3)29-12-14-8-7-9-15(11-14)28-5/h7-9,11,13H,6,10,12H2,1-5H3. The molecule has 0 fully saturated rings. The molecule has 0 saturated carbocycles. The Balaban J connectivity index is 2.19. The van der Waals surface area contributed by atoms with E-state index in [9.17, 15) is 9.59 Å². The van der Waals surface area contributed by atoms with E-state index in [0.29, 0.717) is 34.2 Å². The number of ether oxygens (including phenoxy) is 1. The van der Waals surface area contributed by atoms with Gasteiger partial charge in [-0.1, -0.05) is 32.9 Å². The Kier molecular flexibility index (Phi) is 6.42. The number of aryl methyl sites for hydroxylation is 1. The summed E-state index contributed by atoms with van der Waals surface area (Å²) in [5.41, 5.74) is 0.778. The molecule has 0 aliphatic carbocycles. The molecule has 29 heavy (non-hydrogen) atoms. The molecule has 0 unspecified atom stereocenters. The summed E-state index contributed by atoms with van der Waals surface area (Å²) in [6.07, 6.45) is 0.764. The van der Waals surface area contributed by atoms with Gasteiger partial charge in [0.1, 0.15) is 22.0 Å². The van der Waals surface area contributed by atoms with Crippen LogP contribution < -0.4 is 16.0 Å². The number of thioether (sulfide) groups is 1. The average Bonchev–Trinajstić information content (AvgIpc) is 2.73. The molecule has 0 N–H and O–H groups in total. The first kappa shape index (κ1) is 21.1. The van der Waals surface area contributed by atoms with Gasteiger partial charge in [-0.15, -0.1) is 11.8 Å². The number of aromatic nitrogens is 4. The lowest BCUT2D eigenvalue weighted by atomic mass is 10.2. The molecule has 7 nitrogen and oxygen atoms in total. The molecule has 0 atom stereocenters. The summed E-state index contributed by atoms with van der Waals surface area (Å²) >= 11 is 1.47. The lowest BCUT2D eigenvalue weighted by Crippen LogP contribution is -2.39. The number of benzene rings is 1. The van der Waals surface area contributed by atoms with Crippen LogP contribution in [-0.4, -0.2) is 26.2 Å². The number of methoxy groups -OCH3 is 1. The van der Waals surface area contributed by atoms with E-state index >= 15 is 0 Å². The lowest BCUT2D eigenvalue weighted by Gasteiger charge is -2.15. The zero-order valence-electron chi connectivity index (χ0n) is 17.4. The van der Waals surface area contributed by atoms with E-state index in [4.69, 9.17) is 4.74 Å². The van der Waals surface area contributed by atoms with Crippen molar-refractivity contribution < 1.29 is 4.74 Å². The van der Waals surface area contributed by atoms with Crippen molar-refractivity contribution in [3.63, 3.8) is 0 Å². The Labute approximate surface area is 173 Å². The highest BCUT2D eigenvalue weighted by molar-refractivity contribution is 7.98. The second kappa shape index (κ2) is 8.82. The summed E-state index contributed by atoms with van der Waals surface area (Å²) in [4.78, 5) is 34.9. The van der Waals surface area contributed by atoms with Gasteiger partial charge in [0.2, 0.25) is 0 Å². The molecule has 0 radical (unpaired) electrons. The maximum absolute atomic E-state index is 13.0. The monoisotopic (exact) mass is 414 g/mol. The third kappa shape index (κ3) is 4.22. The molecule has 0 aliphatic heterocycles. The lowest BCUT2D eigenvalue weighted by molar-refractivity contribution is 0.414. The van der Waals surface area contributed by atoms with E-state index in [0.717, 1.165) is 22.3 Å². The molecule has 3 rings (SSSR count). The van der Waals surface area contributed by atoms with Crippen molar-refractivity contribution >= 4 is 22.8 Å². The highest BCUT2D eigenvalue weighted by atomic mass is 32.2. The maximum atomic E-state index is 13.0. The van der Waals surface area contributed by atoms with E-state index < -0.39 is 0 Å². The molecule has 0 spiro atoms. The van der Waals surface area contributed by atoms with Crippen LogP contribution in [0.1, 0.15) is 44.5 Å². The van der Waals surface area contributed by atoms with Gasteiger partial charge in [0, 0.05) is 25.3 Å². The van der Waals surface area contributed by atoms with Gasteiger partial charge in [-0.05, 0) is 24.1 Å². The number of hydrogen-bond donors (Lipinski definition) is 0. The van der Waals surface area contributed by atoms with Gasteiger partial charge in [-0.3, -0.25) is 13.9 Å². The molecule has 3 aromatic rings. The second-order valence-electron chi connectivity index (χ2n) is 7.18. The zero-order chi connectivity index (χ0) is 21.1. The van der Waals surface area contributed by atoms with Gasteiger partial charge in [0.25, 0.3) is 5.56 Å². The quantitative estimate of drug-likeness (QED) is 0.436. The highest BCUT2D eigenvalue weighted by Crippen LogP contribution is 2.28. The van der Waals surface area contributed by atoms with Crippen molar-refractivity contribution in [3.05, 3.63) is 56.5 Å². The van der Waals surface area contributed by atoms with Crippen LogP contribution in [-0.2, 0) is 19.3 Å². The van der Waals surface area contributed by atoms with Crippen LogP contribution in [0.3, 0.4) is 0 Å². The minimum absolute atomic E-state index is 0.0739. The maximum Gasteiger partial charge on any atom is 0.332 e. The predicted molar refractivity (Wildman–Crippen MR) is 116 cm³/mol. The summed E-state index contributed by atoms with van der Waals surface area (Å²) in [7, 11) is 3.14. The molecule has 0 bridgehead atoms. The van der Waals surface area contributed by atoms with Gasteiger partial charge < -0.3 is 4.74 Å². The Morgan fingerprint density at radius 3 is 2.62 bits per heavy atom. The summed E-state index contributed by atoms with van der Waals surface area (Å²) in [5, 5.41) is 1.00. The van der Waals surface area contributed by atoms with Crippen molar-refractivity contribution in [2.75, 3.05) is 7.11 Å². The van der Waals surface area contributed by atoms with Crippen molar-refractivity contribution in [1.82, 2.24) is 19.1 Å². The Bertz CT molecular complexity index is 1150. The second-order valence-corrected chi connectivity index (χ2v) is 8.14. The van der Waals surface area contributed by atoms with Gasteiger partial charge in [0.15, 0.2) is 5.65 Å². The zero-order valence-corrected chi connectivity index (χ0v) is 18.2. The van der Waals surface area contributed by atoms with Crippen LogP contribution in [0.15, 0.2) is 38.9 Å². The predicted octanol–water partition coefficient (Wildman–Crippen LogP) is 3.32. The fourth-order valence-corrected chi connectivity index (χ4v) is 4.02. The molecule has 2 heterocycles. The average molecular weight is 415 g/mol. The molecule has 1 aromatic carbocycles. The van der Waals surface area contributed by atoms with Gasteiger partial charge in [-0.2, -0.15) is 0 Å². The fourth-order valence-electron chi connectivity index (χ4n) is 3.06. The van der Waals surface area contributed by atoms with Crippen LogP contribution in [0.2, 0.25) is 0 Å². The number of rotatable bonds is 7. The van der Waals surface area contributed by atoms with E-state index in [-0.39, 0.29) is 17.2 Å². The first-order valence-electron chi connectivity index (χ1n) is 9.64. The Morgan fingerprint density at radius 1 is 1.21 bits per heavy atom. The molecular formula is C21H26N4O3S. The molecule has 0 aliphatic rings. The van der Waals surface area contributed by atoms with Gasteiger partial charge in [-0.25, -0.2) is 14.8 Å². The van der Waals surface area contributed by atoms with Crippen LogP contribution >= 0.6 is 11.8 Å². The minimum atomic E-state index is -0.360. The normalized spacial score (nSPS) is 11.4. The largest absolute Gasteiger partial charge is 0.497 e. The van der Waals surface area contributed by atoms with E-state index in [1.54, 1.807) is 11.7 Å². The SMILES string of the molecule is CCCn1c(=O)n(C)c(=O)c2c(SCc3cccc(OC)c3)nc(C(C)C)nc21. The fraction of sp³-hybridized carbons (Fsp3) is 0.429. The van der Waals surface area contributed by atoms with E-state index in [1.165, 1.54) is 18.8 Å². The smallest absolute Gasteiger partial charge is 0.332 e. The van der Waals surface area contributed by atoms with Gasteiger partial charge >= 0.3 is 5.69 Å². The molecular weight excluding hydrogens is 388 g/mol. The van der Waals surface area contributed by atoms with Crippen LogP contribution in [0.5, 0.6) is 5.75 Å². The van der Waals surface area contributed by atoms with E-state index in [1.807, 2.05) is 45.0 Å². The van der Waals surface area contributed by atoms with Crippen LogP contribution in [0.25, 0.3) is 11.0 Å². The number of hydrogen-bond acceptors (Lipinski definition) is 6. The van der Waals surface area contributed by atoms with Crippen molar-refractivity contribution in [2.24, 2.45) is 7.05 Å². The summed E-state index contributed by atoms with van der Waals surface area (Å²) < 4.78 is 8.02. The first-order valence-corrected chi connectivity index (χ1v) is 10.6. The van der Waals surface area contributed by atoms with Crippen molar-refractivity contribution in [3.8, 4) is 5.75 Å². The summed E-state index contributed by atoms with van der Waals surface area (Å²) in [5.74, 6) is 2.11. The summed E-state index contributed by atoms with van der Waals surface area (Å²) in [6.45, 7) is 6.49. The highest BCUT2D eigenvalue weighted by Gasteiger charge is 2.19. The van der Waals surface area contributed by atoms with Crippen molar-refractivity contribution in [2.45, 2.75) is 50.4 Å². The number of fused-ring (bicyclic) bond motifs is 1. The van der Waals surface area contributed by atoms with Crippen molar-refractivity contribution in [1.29, 1.82) is 0 Å². The Hall–Kier alpha value is -2.61. The van der Waals surface area contributed by atoms with Crippen LogP contribution in [0.4, 0.5) is 0 Å². The molecule has 8 heteroatoms. The third-order valence-electron chi connectivity index (χ3n) is 4.64. The minimum Gasteiger partial charge on any atom is -0.497 e. The van der Waals surface area contributed by atoms with Gasteiger partial charge in [0.05, 0.1) is 7.11 Å². The number of nitrogens with zero attached hydrogens (tertiary/aromatic N) is 4. The Morgan fingerprint density at radius 2 is 1.97 bits per heavy atom. The first-order chi connectivity index (χ1) is 13.9. The molecule has 0 amide bonds. The molecule has 2 aromatic heterocycles. The molecule has 0 saturated heterocycles. The van der Waals surface area contributed by atoms with E-state index in [2.05, 4.69) is 9.97 Å². The topological polar surface area (TPSA) is 79.0 Å². The summed E-state index contributed by atoms with van der Waals surface area (Å²) in [6, 6.07) is 7.80. The van der Waals surface area contributed by atoms with Crippen LogP contribution in [0, 0.1) is 0 Å². The molecule has 154 valence electrons. The third-order valence-corrected chi connectivity index (χ3v) is 5.69.